The normalized spacial score (nSPS) is 23.8. The van der Waals surface area contributed by atoms with Gasteiger partial charge in [-0.3, -0.25) is 0 Å². The minimum Gasteiger partial charge on any atom is -0.212 e. The zero-order valence-electron chi connectivity index (χ0n) is 15.8. The summed E-state index contributed by atoms with van der Waals surface area (Å²) in [6, 6.07) is 20.1. The van der Waals surface area contributed by atoms with E-state index in [0.717, 1.165) is 11.1 Å². The molecule has 138 valence electrons. The molecule has 2 aromatic rings. The van der Waals surface area contributed by atoms with Crippen molar-refractivity contribution in [1.29, 1.82) is 0 Å². The van der Waals surface area contributed by atoms with Crippen LogP contribution in [0.15, 0.2) is 54.9 Å². The summed E-state index contributed by atoms with van der Waals surface area (Å²) in [7, 11) is -0.955. The van der Waals surface area contributed by atoms with Gasteiger partial charge in [-0.25, -0.2) is 8.78 Å². The van der Waals surface area contributed by atoms with Gasteiger partial charge in [-0.2, -0.15) is 0 Å². The molecular weight excluding hydrogens is 342 g/mol. The second kappa shape index (κ2) is 8.30. The van der Waals surface area contributed by atoms with Crippen molar-refractivity contribution in [2.24, 2.45) is 0 Å². The van der Waals surface area contributed by atoms with Crippen LogP contribution in [0, 0.1) is 0 Å². The maximum Gasteiger partial charge on any atom is 0.158 e. The molecule has 1 saturated heterocycles. The third-order valence-corrected chi connectivity index (χ3v) is 10.7. The molecule has 0 aromatic heterocycles. The molecule has 3 heteroatoms. The van der Waals surface area contributed by atoms with E-state index in [9.17, 15) is 8.78 Å². The molecule has 1 aliphatic rings. The average Bonchev–Trinajstić information content (AvgIpc) is 2.68. The van der Waals surface area contributed by atoms with E-state index in [2.05, 4.69) is 37.7 Å². The van der Waals surface area contributed by atoms with E-state index in [1.54, 1.807) is 12.1 Å². The Morgan fingerprint density at radius 3 is 2.04 bits per heavy atom. The molecule has 0 amide bonds. The first-order valence-electron chi connectivity index (χ1n) is 9.71. The topological polar surface area (TPSA) is 0 Å². The lowest BCUT2D eigenvalue weighted by Crippen LogP contribution is -2.33. The third-order valence-electron chi connectivity index (χ3n) is 6.02. The van der Waals surface area contributed by atoms with Crippen LogP contribution in [0.5, 0.6) is 0 Å². The summed E-state index contributed by atoms with van der Waals surface area (Å²) in [5.74, 6) is -0.129. The van der Waals surface area contributed by atoms with E-state index >= 15 is 0 Å². The quantitative estimate of drug-likeness (QED) is 0.468. The van der Waals surface area contributed by atoms with Crippen LogP contribution in [0.25, 0.3) is 17.0 Å². The van der Waals surface area contributed by atoms with Crippen molar-refractivity contribution in [1.82, 2.24) is 0 Å². The predicted molar refractivity (Wildman–Crippen MR) is 110 cm³/mol. The monoisotopic (exact) mass is 370 g/mol. The van der Waals surface area contributed by atoms with Crippen molar-refractivity contribution in [3.63, 3.8) is 0 Å². The molecule has 26 heavy (non-hydrogen) atoms. The Bertz CT molecular complexity index is 739. The van der Waals surface area contributed by atoms with Crippen LogP contribution in [0.1, 0.15) is 43.2 Å². The highest BCUT2D eigenvalue weighted by Gasteiger charge is 2.32. The highest BCUT2D eigenvalue weighted by Crippen LogP contribution is 2.41. The van der Waals surface area contributed by atoms with Gasteiger partial charge in [0, 0.05) is 5.56 Å². The molecule has 0 radical (unpaired) electrons. The van der Waals surface area contributed by atoms with Crippen molar-refractivity contribution in [2.45, 2.75) is 56.8 Å². The van der Waals surface area contributed by atoms with Crippen LogP contribution in [0.4, 0.5) is 8.78 Å². The lowest BCUT2D eigenvalue weighted by atomic mass is 9.92. The predicted octanol–water partition coefficient (Wildman–Crippen LogP) is 7.96. The Labute approximate surface area is 157 Å². The van der Waals surface area contributed by atoms with Crippen LogP contribution >= 0.6 is 0 Å². The molecule has 0 bridgehead atoms. The van der Waals surface area contributed by atoms with Crippen LogP contribution in [0.3, 0.4) is 0 Å². The number of hydrogen-bond acceptors (Lipinski definition) is 0. The van der Waals surface area contributed by atoms with Gasteiger partial charge in [0.1, 0.15) is 6.33 Å². The van der Waals surface area contributed by atoms with Gasteiger partial charge in [-0.05, 0) is 35.4 Å². The fraction of sp³-hybridized carbons (Fsp3) is 0.391. The van der Waals surface area contributed by atoms with Crippen molar-refractivity contribution in [2.75, 3.05) is 0 Å². The molecule has 1 fully saturated rings. The zero-order valence-corrected chi connectivity index (χ0v) is 16.8. The van der Waals surface area contributed by atoms with Gasteiger partial charge in [0.25, 0.3) is 0 Å². The molecular formula is C23H28F2Si. The van der Waals surface area contributed by atoms with E-state index < -0.39 is 13.9 Å². The molecule has 1 aliphatic heterocycles. The number of rotatable bonds is 5. The minimum absolute atomic E-state index is 0.00231. The summed E-state index contributed by atoms with van der Waals surface area (Å²) in [5.41, 5.74) is 3.86. The average molecular weight is 371 g/mol. The van der Waals surface area contributed by atoms with Gasteiger partial charge < -0.3 is 0 Å². The summed E-state index contributed by atoms with van der Waals surface area (Å²) in [4.78, 5) is 0. The van der Waals surface area contributed by atoms with Crippen LogP contribution in [-0.4, -0.2) is 8.07 Å². The van der Waals surface area contributed by atoms with Gasteiger partial charge in [-0.1, -0.05) is 86.6 Å². The van der Waals surface area contributed by atoms with Crippen molar-refractivity contribution >= 4 is 13.9 Å². The van der Waals surface area contributed by atoms with Crippen molar-refractivity contribution in [3.8, 4) is 11.1 Å². The van der Waals surface area contributed by atoms with E-state index in [1.165, 1.54) is 43.0 Å². The molecule has 0 aliphatic carbocycles. The maximum atomic E-state index is 13.2. The molecule has 1 heterocycles. The second-order valence-electron chi connectivity index (χ2n) is 7.99. The molecule has 3 rings (SSSR count). The first-order valence-corrected chi connectivity index (χ1v) is 12.8. The Kier molecular flexibility index (Phi) is 6.07. The molecule has 0 spiro atoms. The molecule has 0 nitrogen and oxygen atoms in total. The largest absolute Gasteiger partial charge is 0.212 e. The fourth-order valence-corrected chi connectivity index (χ4v) is 8.38. The van der Waals surface area contributed by atoms with E-state index in [4.69, 9.17) is 0 Å². The molecule has 0 atom stereocenters. The van der Waals surface area contributed by atoms with E-state index in [0.29, 0.717) is 5.92 Å². The molecule has 0 unspecified atom stereocenters. The highest BCUT2D eigenvalue weighted by atomic mass is 28.3. The first kappa shape index (κ1) is 19.0. The molecule has 0 saturated carbocycles. The summed E-state index contributed by atoms with van der Waals surface area (Å²) >= 11 is 0. The standard InChI is InChI=1S/C23H28F2Si/c1-3-14-26(2)15-12-21(13-16-26)20-6-4-18(5-7-20)19-8-10-22(11-9-19)23(25)17-24/h4-11,17,21H,3,12-16H2,1-2H3/b23-17-. The summed E-state index contributed by atoms with van der Waals surface area (Å²) in [6.45, 7) is 4.90. The van der Waals surface area contributed by atoms with Gasteiger partial charge in [0.05, 0.1) is 8.07 Å². The van der Waals surface area contributed by atoms with Gasteiger partial charge in [-0.15, -0.1) is 0 Å². The third kappa shape index (κ3) is 4.32. The Balaban J connectivity index is 1.67. The van der Waals surface area contributed by atoms with Gasteiger partial charge in [0.15, 0.2) is 5.83 Å². The van der Waals surface area contributed by atoms with Crippen LogP contribution in [-0.2, 0) is 0 Å². The second-order valence-corrected chi connectivity index (χ2v) is 13.1. The highest BCUT2D eigenvalue weighted by molar-refractivity contribution is 6.78. The summed E-state index contributed by atoms with van der Waals surface area (Å²) in [5, 5.41) is 0. The molecule has 0 N–H and O–H groups in total. The number of benzene rings is 2. The smallest absolute Gasteiger partial charge is 0.158 e. The first-order chi connectivity index (χ1) is 12.5. The fourth-order valence-electron chi connectivity index (χ4n) is 4.33. The molecule has 2 aromatic carbocycles. The summed E-state index contributed by atoms with van der Waals surface area (Å²) < 4.78 is 25.5. The van der Waals surface area contributed by atoms with Crippen molar-refractivity contribution < 1.29 is 8.78 Å². The lowest BCUT2D eigenvalue weighted by Gasteiger charge is -2.36. The zero-order chi connectivity index (χ0) is 18.6. The maximum absolute atomic E-state index is 13.2. The SMILES string of the molecule is CCC[Si]1(C)CCC(c2ccc(-c3ccc(/C(F)=C/F)cc3)cc2)CC1. The summed E-state index contributed by atoms with van der Waals surface area (Å²) in [6.07, 6.45) is 4.02. The lowest BCUT2D eigenvalue weighted by molar-refractivity contribution is 0.597. The van der Waals surface area contributed by atoms with Crippen molar-refractivity contribution in [3.05, 3.63) is 66.0 Å². The van der Waals surface area contributed by atoms with E-state index in [-0.39, 0.29) is 11.9 Å². The van der Waals surface area contributed by atoms with Gasteiger partial charge >= 0.3 is 0 Å². The van der Waals surface area contributed by atoms with Gasteiger partial charge in [0.2, 0.25) is 0 Å². The number of halogens is 2. The number of hydrogen-bond donors (Lipinski definition) is 0. The van der Waals surface area contributed by atoms with Crippen LogP contribution in [0.2, 0.25) is 24.7 Å². The Morgan fingerprint density at radius 2 is 1.54 bits per heavy atom. The Morgan fingerprint density at radius 1 is 1.00 bits per heavy atom. The van der Waals surface area contributed by atoms with E-state index in [1.807, 2.05) is 12.1 Å². The van der Waals surface area contributed by atoms with Crippen LogP contribution < -0.4 is 0 Å². The Hall–Kier alpha value is -1.74. The minimum atomic E-state index is -0.955.